The molecule has 0 heterocycles. The van der Waals surface area contributed by atoms with Crippen LogP contribution in [-0.4, -0.2) is 40.2 Å². The van der Waals surface area contributed by atoms with Crippen molar-refractivity contribution in [1.29, 1.82) is 0 Å². The second-order valence-electron chi connectivity index (χ2n) is 6.50. The average Bonchev–Trinajstić information content (AvgIpc) is 2.68. The molecule has 0 saturated heterocycles. The number of hydrogen-bond donors (Lipinski definition) is 1. The largest absolute Gasteiger partial charge is 0.405 e. The van der Waals surface area contributed by atoms with E-state index in [9.17, 15) is 8.42 Å². The Morgan fingerprint density at radius 1 is 1.14 bits per heavy atom. The molecular formula is C22H33NO4S2. The van der Waals surface area contributed by atoms with Gasteiger partial charge in [0.2, 0.25) is 11.1 Å². The number of nitrogens with one attached hydrogen (secondary N) is 1. The Labute approximate surface area is 180 Å². The third-order valence-corrected chi connectivity index (χ3v) is 6.17. The van der Waals surface area contributed by atoms with E-state index in [0.717, 1.165) is 27.8 Å². The molecule has 0 aliphatic rings. The highest BCUT2D eigenvalue weighted by atomic mass is 32.2. The third-order valence-electron chi connectivity index (χ3n) is 4.26. The Bertz CT molecular complexity index is 799. The van der Waals surface area contributed by atoms with Crippen LogP contribution < -0.4 is 4.72 Å². The molecule has 0 spiro atoms. The zero-order valence-corrected chi connectivity index (χ0v) is 20.0. The molecule has 0 radical (unpaired) electrons. The molecule has 29 heavy (non-hydrogen) atoms. The highest BCUT2D eigenvalue weighted by Crippen LogP contribution is 2.30. The molecule has 7 heteroatoms. The summed E-state index contributed by atoms with van der Waals surface area (Å²) in [4.78, 5) is 0. The van der Waals surface area contributed by atoms with E-state index in [0.29, 0.717) is 43.3 Å². The van der Waals surface area contributed by atoms with Gasteiger partial charge in [0.25, 0.3) is 0 Å². The van der Waals surface area contributed by atoms with Crippen molar-refractivity contribution in [3.8, 4) is 11.8 Å². The Balaban J connectivity index is 3.34. The summed E-state index contributed by atoms with van der Waals surface area (Å²) < 4.78 is 38.1. The Hall–Kier alpha value is -1.46. The topological polar surface area (TPSA) is 64.6 Å². The van der Waals surface area contributed by atoms with Crippen molar-refractivity contribution in [2.45, 2.75) is 47.5 Å². The summed E-state index contributed by atoms with van der Waals surface area (Å²) in [5.74, 6) is 7.68. The maximum atomic E-state index is 12.2. The normalized spacial score (nSPS) is 13.9. The maximum Gasteiger partial charge on any atom is 0.205 e. The van der Waals surface area contributed by atoms with Crippen molar-refractivity contribution >= 4 is 27.6 Å². The van der Waals surface area contributed by atoms with Gasteiger partial charge in [0.05, 0.1) is 23.3 Å². The van der Waals surface area contributed by atoms with Crippen LogP contribution in [0.5, 0.6) is 0 Å². The number of rotatable bonds is 12. The Morgan fingerprint density at radius 3 is 2.31 bits per heavy atom. The highest BCUT2D eigenvalue weighted by molar-refractivity contribution is 7.82. The van der Waals surface area contributed by atoms with Crippen molar-refractivity contribution in [2.75, 3.05) is 31.8 Å². The molecule has 2 atom stereocenters. The van der Waals surface area contributed by atoms with Crippen molar-refractivity contribution in [1.82, 2.24) is 4.72 Å². The van der Waals surface area contributed by atoms with Gasteiger partial charge in [-0.15, -0.1) is 5.92 Å². The third kappa shape index (κ3) is 8.43. The maximum absolute atomic E-state index is 12.2. The average molecular weight is 440 g/mol. The van der Waals surface area contributed by atoms with E-state index in [-0.39, 0.29) is 0 Å². The minimum absolute atomic E-state index is 0.352. The molecule has 162 valence electrons. The van der Waals surface area contributed by atoms with Crippen LogP contribution in [0.1, 0.15) is 55.9 Å². The fraction of sp³-hybridized carbons (Fsp3) is 0.545. The van der Waals surface area contributed by atoms with E-state index in [2.05, 4.69) is 28.7 Å². The minimum Gasteiger partial charge on any atom is -0.405 e. The molecule has 0 aromatic heterocycles. The first kappa shape index (κ1) is 25.6. The van der Waals surface area contributed by atoms with Crippen LogP contribution in [0.3, 0.4) is 0 Å². The lowest BCUT2D eigenvalue weighted by Gasteiger charge is -2.19. The van der Waals surface area contributed by atoms with E-state index in [4.69, 9.17) is 8.92 Å². The van der Waals surface area contributed by atoms with Crippen LogP contribution in [0.25, 0.3) is 5.57 Å². The summed E-state index contributed by atoms with van der Waals surface area (Å²) >= 11 is -1.41. The summed E-state index contributed by atoms with van der Waals surface area (Å²) in [5.41, 5.74) is 5.05. The van der Waals surface area contributed by atoms with E-state index in [1.165, 1.54) is 0 Å². The summed E-state index contributed by atoms with van der Waals surface area (Å²) in [5, 5.41) is 0. The molecule has 0 aliphatic carbocycles. The van der Waals surface area contributed by atoms with E-state index in [1.54, 1.807) is 7.11 Å². The van der Waals surface area contributed by atoms with Crippen LogP contribution in [0.15, 0.2) is 17.9 Å². The van der Waals surface area contributed by atoms with Crippen LogP contribution in [0.2, 0.25) is 0 Å². The predicted molar refractivity (Wildman–Crippen MR) is 123 cm³/mol. The first-order valence-corrected chi connectivity index (χ1v) is 12.4. The van der Waals surface area contributed by atoms with Gasteiger partial charge in [-0.2, -0.15) is 0 Å². The first-order chi connectivity index (χ1) is 13.9. The van der Waals surface area contributed by atoms with Crippen LogP contribution in [-0.2, 0) is 31.0 Å². The van der Waals surface area contributed by atoms with Crippen molar-refractivity contribution in [3.05, 3.63) is 40.1 Å². The molecule has 0 aliphatic heterocycles. The number of hydrogen-bond acceptors (Lipinski definition) is 4. The van der Waals surface area contributed by atoms with Gasteiger partial charge in [-0.25, -0.2) is 13.1 Å². The number of benzene rings is 1. The molecule has 5 nitrogen and oxygen atoms in total. The highest BCUT2D eigenvalue weighted by Gasteiger charge is 2.18. The predicted octanol–water partition coefficient (Wildman–Crippen LogP) is 3.79. The van der Waals surface area contributed by atoms with Crippen LogP contribution in [0, 0.1) is 25.7 Å². The summed E-state index contributed by atoms with van der Waals surface area (Å²) in [6, 6.07) is 4.10. The second-order valence-corrected chi connectivity index (χ2v) is 9.41. The summed E-state index contributed by atoms with van der Waals surface area (Å²) in [6.07, 6.45) is 1.29. The van der Waals surface area contributed by atoms with E-state index >= 15 is 0 Å². The number of methoxy groups -OCH3 is 1. The smallest absolute Gasteiger partial charge is 0.205 e. The molecule has 0 fully saturated rings. The molecule has 1 aromatic carbocycles. The van der Waals surface area contributed by atoms with Crippen molar-refractivity contribution in [3.63, 3.8) is 0 Å². The van der Waals surface area contributed by atoms with Gasteiger partial charge in [0.15, 0.2) is 0 Å². The van der Waals surface area contributed by atoms with Crippen molar-refractivity contribution in [2.24, 2.45) is 0 Å². The lowest BCUT2D eigenvalue weighted by Crippen LogP contribution is -2.20. The monoisotopic (exact) mass is 439 g/mol. The SMILES string of the molecule is CC#Cc1cc(C)c(/C(COC)=C(/CCCNS(=O)CC)OS(=O)CC)c(C)c1. The number of allylic oxidation sites excluding steroid dienone is 1. The van der Waals surface area contributed by atoms with Gasteiger partial charge in [0, 0.05) is 37.0 Å². The van der Waals surface area contributed by atoms with Gasteiger partial charge in [0.1, 0.15) is 5.76 Å². The quantitative estimate of drug-likeness (QED) is 0.306. The lowest BCUT2D eigenvalue weighted by molar-refractivity contribution is 0.236. The van der Waals surface area contributed by atoms with Gasteiger partial charge in [-0.3, -0.25) is 0 Å². The van der Waals surface area contributed by atoms with Crippen LogP contribution >= 0.6 is 0 Å². The Kier molecular flexibility index (Phi) is 12.1. The van der Waals surface area contributed by atoms with E-state index in [1.807, 2.05) is 34.6 Å². The summed E-state index contributed by atoms with van der Waals surface area (Å²) in [7, 11) is 0.620. The lowest BCUT2D eigenvalue weighted by atomic mass is 9.92. The molecular weight excluding hydrogens is 406 g/mol. The second kappa shape index (κ2) is 13.7. The molecule has 1 rings (SSSR count). The van der Waals surface area contributed by atoms with E-state index < -0.39 is 22.1 Å². The number of ether oxygens (including phenoxy) is 1. The zero-order chi connectivity index (χ0) is 21.8. The van der Waals surface area contributed by atoms with Gasteiger partial charge < -0.3 is 8.92 Å². The van der Waals surface area contributed by atoms with Gasteiger partial charge in [-0.05, 0) is 56.0 Å². The minimum atomic E-state index is -1.41. The molecule has 2 unspecified atom stereocenters. The Morgan fingerprint density at radius 2 is 1.79 bits per heavy atom. The van der Waals surface area contributed by atoms with Gasteiger partial charge in [-0.1, -0.05) is 19.8 Å². The zero-order valence-electron chi connectivity index (χ0n) is 18.3. The van der Waals surface area contributed by atoms with Gasteiger partial charge >= 0.3 is 0 Å². The molecule has 1 aromatic rings. The molecule has 1 N–H and O–H groups in total. The van der Waals surface area contributed by atoms with Crippen molar-refractivity contribution < 1.29 is 17.3 Å². The first-order valence-electron chi connectivity index (χ1n) is 9.81. The summed E-state index contributed by atoms with van der Waals surface area (Å²) in [6.45, 7) is 10.5. The standard InChI is InChI=1S/C22H33NO4S2/c1-7-11-19-14-17(4)22(18(5)15-19)20(16-26-6)21(27-29(25)9-3)12-10-13-23-28(24)8-2/h14-15,23H,8-10,12-13,16H2,1-6H3/b21-20-. The molecule has 0 bridgehead atoms. The fourth-order valence-electron chi connectivity index (χ4n) is 3.04. The fourth-order valence-corrected chi connectivity index (χ4v) is 4.15. The number of aryl methyl sites for hydroxylation is 2. The molecule has 0 amide bonds. The molecule has 0 saturated carbocycles. The van der Waals surface area contributed by atoms with Crippen LogP contribution in [0.4, 0.5) is 0 Å².